The molecule has 174 valence electrons. The second-order valence-corrected chi connectivity index (χ2v) is 7.58. The molecule has 0 saturated heterocycles. The van der Waals surface area contributed by atoms with E-state index in [9.17, 15) is 18.3 Å². The van der Waals surface area contributed by atoms with Crippen molar-refractivity contribution in [2.45, 2.75) is 26.0 Å². The van der Waals surface area contributed by atoms with Crippen LogP contribution in [0.1, 0.15) is 22.3 Å². The minimum Gasteiger partial charge on any atom is -0.473 e. The lowest BCUT2D eigenvalue weighted by Gasteiger charge is -2.17. The van der Waals surface area contributed by atoms with E-state index in [1.165, 1.54) is 6.07 Å². The Morgan fingerprint density at radius 3 is 1.91 bits per heavy atom. The number of benzene rings is 3. The fourth-order valence-corrected chi connectivity index (χ4v) is 3.42. The van der Waals surface area contributed by atoms with Gasteiger partial charge >= 0.3 is 6.18 Å². The van der Waals surface area contributed by atoms with Crippen LogP contribution in [0.5, 0.6) is 11.8 Å². The van der Waals surface area contributed by atoms with Crippen LogP contribution < -0.4 is 9.47 Å². The molecule has 0 aliphatic heterocycles. The number of hydrogen-bond donors (Lipinski definition) is 1. The van der Waals surface area contributed by atoms with Crippen molar-refractivity contribution in [3.05, 3.63) is 113 Å². The Kier molecular flexibility index (Phi) is 7.13. The van der Waals surface area contributed by atoms with Crippen molar-refractivity contribution in [3.63, 3.8) is 0 Å². The highest BCUT2D eigenvalue weighted by Gasteiger charge is 2.31. The molecule has 4 aromatic rings. The maximum absolute atomic E-state index is 13.4. The molecular formula is C27H22F3NO3. The van der Waals surface area contributed by atoms with Crippen molar-refractivity contribution >= 4 is 0 Å². The minimum absolute atomic E-state index is 0.114. The van der Waals surface area contributed by atoms with Crippen molar-refractivity contribution in [1.29, 1.82) is 0 Å². The first-order valence-electron chi connectivity index (χ1n) is 10.6. The molecule has 0 amide bonds. The molecule has 7 heteroatoms. The lowest BCUT2D eigenvalue weighted by molar-refractivity contribution is -0.137. The highest BCUT2D eigenvalue weighted by Crippen LogP contribution is 2.38. The first kappa shape index (κ1) is 23.3. The van der Waals surface area contributed by atoms with E-state index >= 15 is 0 Å². The Balaban J connectivity index is 1.70. The third kappa shape index (κ3) is 5.74. The topological polar surface area (TPSA) is 51.6 Å². The van der Waals surface area contributed by atoms with Gasteiger partial charge in [0.25, 0.3) is 0 Å². The summed E-state index contributed by atoms with van der Waals surface area (Å²) in [4.78, 5) is 4.44. The molecule has 0 spiro atoms. The van der Waals surface area contributed by atoms with Crippen LogP contribution in [0.2, 0.25) is 0 Å². The average molecular weight is 465 g/mol. The third-order valence-corrected chi connectivity index (χ3v) is 5.18. The normalized spacial score (nSPS) is 11.3. The Morgan fingerprint density at radius 2 is 1.32 bits per heavy atom. The molecule has 3 aromatic carbocycles. The van der Waals surface area contributed by atoms with E-state index in [2.05, 4.69) is 4.98 Å². The molecule has 4 rings (SSSR count). The zero-order valence-corrected chi connectivity index (χ0v) is 18.1. The van der Waals surface area contributed by atoms with Gasteiger partial charge in [0.05, 0.1) is 12.2 Å². The summed E-state index contributed by atoms with van der Waals surface area (Å²) < 4.78 is 51.9. The summed E-state index contributed by atoms with van der Waals surface area (Å²) in [5.41, 5.74) is 1.86. The summed E-state index contributed by atoms with van der Waals surface area (Å²) >= 11 is 0. The summed E-state index contributed by atoms with van der Waals surface area (Å²) in [5, 5.41) is 9.77. The molecule has 1 aromatic heterocycles. The summed E-state index contributed by atoms with van der Waals surface area (Å²) in [6.07, 6.45) is -4.53. The predicted molar refractivity (Wildman–Crippen MR) is 122 cm³/mol. The van der Waals surface area contributed by atoms with Gasteiger partial charge in [0.2, 0.25) is 11.8 Å². The van der Waals surface area contributed by atoms with Crippen LogP contribution in [-0.2, 0) is 26.0 Å². The molecule has 1 N–H and O–H groups in total. The van der Waals surface area contributed by atoms with Gasteiger partial charge in [0.1, 0.15) is 13.2 Å². The van der Waals surface area contributed by atoms with Gasteiger partial charge in [-0.2, -0.15) is 18.2 Å². The number of hydrogen-bond acceptors (Lipinski definition) is 4. The van der Waals surface area contributed by atoms with Gasteiger partial charge in [-0.3, -0.25) is 0 Å². The predicted octanol–water partition coefficient (Wildman–Crippen LogP) is 6.42. The summed E-state index contributed by atoms with van der Waals surface area (Å²) in [6.45, 7) is 0.00497. The number of aliphatic hydroxyl groups is 1. The maximum atomic E-state index is 13.4. The summed E-state index contributed by atoms with van der Waals surface area (Å²) in [6, 6.07) is 25.3. The fourth-order valence-electron chi connectivity index (χ4n) is 3.42. The van der Waals surface area contributed by atoms with Crippen molar-refractivity contribution < 1.29 is 27.8 Å². The van der Waals surface area contributed by atoms with Crippen LogP contribution in [0, 0.1) is 0 Å². The standard InChI is InChI=1S/C27H22F3NO3/c28-27(29,30)22-12-11-21(16-32)24(15-22)23-13-14-25(33-17-19-7-3-1-4-8-19)31-26(23)34-18-20-9-5-2-6-10-20/h1-15,32H,16-18H2. The van der Waals surface area contributed by atoms with E-state index in [-0.39, 0.29) is 30.5 Å². The Labute approximate surface area is 195 Å². The van der Waals surface area contributed by atoms with Gasteiger partial charge in [-0.15, -0.1) is 0 Å². The van der Waals surface area contributed by atoms with Crippen LogP contribution in [0.25, 0.3) is 11.1 Å². The van der Waals surface area contributed by atoms with E-state index in [1.807, 2.05) is 60.7 Å². The summed E-state index contributed by atoms with van der Waals surface area (Å²) in [7, 11) is 0. The van der Waals surface area contributed by atoms with Gasteiger partial charge in [-0.05, 0) is 40.5 Å². The third-order valence-electron chi connectivity index (χ3n) is 5.18. The molecule has 4 nitrogen and oxygen atoms in total. The molecule has 0 bridgehead atoms. The molecule has 0 radical (unpaired) electrons. The van der Waals surface area contributed by atoms with Crippen LogP contribution in [0.3, 0.4) is 0 Å². The van der Waals surface area contributed by atoms with Crippen molar-refractivity contribution in [2.75, 3.05) is 0 Å². The van der Waals surface area contributed by atoms with E-state index in [0.29, 0.717) is 11.1 Å². The quantitative estimate of drug-likeness (QED) is 0.326. The molecule has 0 aliphatic rings. The average Bonchev–Trinajstić information content (AvgIpc) is 2.86. The Hall–Kier alpha value is -3.84. The van der Waals surface area contributed by atoms with Gasteiger partial charge in [-0.25, -0.2) is 0 Å². The van der Waals surface area contributed by atoms with Crippen molar-refractivity contribution in [2.24, 2.45) is 0 Å². The van der Waals surface area contributed by atoms with E-state index in [1.54, 1.807) is 12.1 Å². The molecule has 1 heterocycles. The van der Waals surface area contributed by atoms with Crippen LogP contribution in [-0.4, -0.2) is 10.1 Å². The van der Waals surface area contributed by atoms with Gasteiger partial charge in [-0.1, -0.05) is 66.7 Å². The number of aliphatic hydroxyl groups excluding tert-OH is 1. The molecule has 34 heavy (non-hydrogen) atoms. The molecule has 0 saturated carbocycles. The zero-order chi connectivity index (χ0) is 24.0. The smallest absolute Gasteiger partial charge is 0.416 e. The highest BCUT2D eigenvalue weighted by molar-refractivity contribution is 5.73. The number of alkyl halides is 3. The number of pyridine rings is 1. The van der Waals surface area contributed by atoms with Crippen molar-refractivity contribution in [1.82, 2.24) is 4.98 Å². The zero-order valence-electron chi connectivity index (χ0n) is 18.1. The van der Waals surface area contributed by atoms with Crippen LogP contribution >= 0.6 is 0 Å². The molecule has 0 aliphatic carbocycles. The van der Waals surface area contributed by atoms with Crippen LogP contribution in [0.4, 0.5) is 13.2 Å². The number of rotatable bonds is 8. The van der Waals surface area contributed by atoms with Crippen molar-refractivity contribution in [3.8, 4) is 22.9 Å². The second-order valence-electron chi connectivity index (χ2n) is 7.58. The van der Waals surface area contributed by atoms with Crippen LogP contribution in [0.15, 0.2) is 91.0 Å². The maximum Gasteiger partial charge on any atom is 0.416 e. The van der Waals surface area contributed by atoms with E-state index in [0.717, 1.165) is 23.3 Å². The monoisotopic (exact) mass is 465 g/mol. The molecule has 0 unspecified atom stereocenters. The van der Waals surface area contributed by atoms with Gasteiger partial charge in [0, 0.05) is 11.6 Å². The number of nitrogens with zero attached hydrogens (tertiary/aromatic N) is 1. The largest absolute Gasteiger partial charge is 0.473 e. The Bertz CT molecular complexity index is 1230. The lowest BCUT2D eigenvalue weighted by Crippen LogP contribution is -2.07. The molecule has 0 fully saturated rings. The van der Waals surface area contributed by atoms with Gasteiger partial charge in [0.15, 0.2) is 0 Å². The molecule has 0 atom stereocenters. The lowest BCUT2D eigenvalue weighted by atomic mass is 9.98. The molecular weight excluding hydrogens is 443 g/mol. The first-order valence-corrected chi connectivity index (χ1v) is 10.6. The minimum atomic E-state index is -4.53. The number of halogens is 3. The first-order chi connectivity index (χ1) is 16.4. The second kappa shape index (κ2) is 10.4. The highest BCUT2D eigenvalue weighted by atomic mass is 19.4. The van der Waals surface area contributed by atoms with E-state index in [4.69, 9.17) is 9.47 Å². The fraction of sp³-hybridized carbons (Fsp3) is 0.148. The number of ether oxygens (including phenoxy) is 2. The SMILES string of the molecule is OCc1ccc(C(F)(F)F)cc1-c1ccc(OCc2ccccc2)nc1OCc1ccccc1. The summed E-state index contributed by atoms with van der Waals surface area (Å²) in [5.74, 6) is 0.386. The Morgan fingerprint density at radius 1 is 0.706 bits per heavy atom. The number of aromatic nitrogens is 1. The van der Waals surface area contributed by atoms with E-state index < -0.39 is 18.3 Å². The van der Waals surface area contributed by atoms with Gasteiger partial charge < -0.3 is 14.6 Å².